The highest BCUT2D eigenvalue weighted by atomic mass is 35.5. The lowest BCUT2D eigenvalue weighted by atomic mass is 10.3. The van der Waals surface area contributed by atoms with Crippen LogP contribution in [0.15, 0.2) is 24.3 Å². The smallest absolute Gasteiger partial charge is 0.178 e. The van der Waals surface area contributed by atoms with Crippen LogP contribution < -0.4 is 0 Å². The van der Waals surface area contributed by atoms with Crippen molar-refractivity contribution in [3.05, 3.63) is 24.3 Å². The summed E-state index contributed by atoms with van der Waals surface area (Å²) in [5, 5.41) is -0.230. The van der Waals surface area contributed by atoms with Gasteiger partial charge in [0, 0.05) is 10.8 Å². The Hall–Kier alpha value is -0.270. The molecule has 0 heterocycles. The average molecular weight is 207 g/mol. The molecule has 0 aliphatic rings. The summed E-state index contributed by atoms with van der Waals surface area (Å²) in [7, 11) is 0. The van der Waals surface area contributed by atoms with E-state index in [1.807, 2.05) is 0 Å². The zero-order valence-corrected chi connectivity index (χ0v) is 8.64. The third-order valence-electron chi connectivity index (χ3n) is 1.05. The van der Waals surface area contributed by atoms with Crippen LogP contribution >= 0.6 is 23.2 Å². The van der Waals surface area contributed by atoms with E-state index in [1.54, 1.807) is 26.0 Å². The van der Waals surface area contributed by atoms with E-state index in [-0.39, 0.29) is 16.5 Å². The minimum absolute atomic E-state index is 0.0880. The van der Waals surface area contributed by atoms with Crippen molar-refractivity contribution in [3.8, 4) is 0 Å². The van der Waals surface area contributed by atoms with Crippen LogP contribution in [-0.4, -0.2) is 16.5 Å². The fourth-order valence-electron chi connectivity index (χ4n) is 0.510. The summed E-state index contributed by atoms with van der Waals surface area (Å²) in [5.41, 5.74) is 0. The summed E-state index contributed by atoms with van der Waals surface area (Å²) in [6.45, 7) is 3.58. The van der Waals surface area contributed by atoms with E-state index in [0.717, 1.165) is 0 Å². The van der Waals surface area contributed by atoms with Gasteiger partial charge in [0.2, 0.25) is 0 Å². The maximum absolute atomic E-state index is 11.0. The number of halogens is 2. The Labute approximate surface area is 83.0 Å². The molecule has 12 heavy (non-hydrogen) atoms. The van der Waals surface area contributed by atoms with Gasteiger partial charge in [0.1, 0.15) is 0 Å². The first-order valence-electron chi connectivity index (χ1n) is 3.71. The number of alkyl halides is 2. The standard InChI is InChI=1S/C9H12Cl2O/c1-7(10)3-5-9(12)6-4-8(2)11/h3-8H,1-2H3/b5-3+,6-4+. The quantitative estimate of drug-likeness (QED) is 0.511. The first-order chi connectivity index (χ1) is 5.52. The molecule has 0 rings (SSSR count). The summed E-state index contributed by atoms with van der Waals surface area (Å²) in [5.74, 6) is -0.0880. The first-order valence-corrected chi connectivity index (χ1v) is 4.58. The van der Waals surface area contributed by atoms with E-state index in [0.29, 0.717) is 0 Å². The number of ketones is 1. The number of allylic oxidation sites excluding steroid dienone is 4. The van der Waals surface area contributed by atoms with Crippen LogP contribution in [0.1, 0.15) is 13.8 Å². The fourth-order valence-corrected chi connectivity index (χ4v) is 0.656. The molecule has 2 unspecified atom stereocenters. The number of hydrogen-bond donors (Lipinski definition) is 0. The highest BCUT2D eigenvalue weighted by molar-refractivity contribution is 6.22. The molecule has 2 atom stereocenters. The van der Waals surface area contributed by atoms with Gasteiger partial charge in [-0.3, -0.25) is 4.79 Å². The Morgan fingerprint density at radius 2 is 1.42 bits per heavy atom. The summed E-state index contributed by atoms with van der Waals surface area (Å²) in [6.07, 6.45) is 6.14. The lowest BCUT2D eigenvalue weighted by Gasteiger charge is -1.90. The summed E-state index contributed by atoms with van der Waals surface area (Å²) in [6, 6.07) is 0. The van der Waals surface area contributed by atoms with Gasteiger partial charge in [-0.1, -0.05) is 12.2 Å². The molecule has 0 aliphatic heterocycles. The van der Waals surface area contributed by atoms with Crippen LogP contribution in [0, 0.1) is 0 Å². The van der Waals surface area contributed by atoms with Gasteiger partial charge in [0.15, 0.2) is 5.78 Å². The number of hydrogen-bond acceptors (Lipinski definition) is 1. The number of carbonyl (C=O) groups is 1. The third kappa shape index (κ3) is 7.83. The van der Waals surface area contributed by atoms with Gasteiger partial charge in [-0.05, 0) is 26.0 Å². The van der Waals surface area contributed by atoms with Crippen molar-refractivity contribution >= 4 is 29.0 Å². The fraction of sp³-hybridized carbons (Fsp3) is 0.444. The Bertz CT molecular complexity index is 173. The Balaban J connectivity index is 3.90. The van der Waals surface area contributed by atoms with E-state index in [4.69, 9.17) is 23.2 Å². The second-order valence-electron chi connectivity index (χ2n) is 2.48. The molecule has 1 nitrogen and oxygen atoms in total. The number of carbonyl (C=O) groups excluding carboxylic acids is 1. The molecule has 0 fully saturated rings. The Kier molecular flexibility index (Phi) is 6.13. The zero-order chi connectivity index (χ0) is 9.56. The van der Waals surface area contributed by atoms with Crippen molar-refractivity contribution in [1.29, 1.82) is 0 Å². The molecular weight excluding hydrogens is 195 g/mol. The van der Waals surface area contributed by atoms with Crippen molar-refractivity contribution in [3.63, 3.8) is 0 Å². The van der Waals surface area contributed by atoms with E-state index in [9.17, 15) is 4.79 Å². The van der Waals surface area contributed by atoms with Crippen LogP contribution in [0.25, 0.3) is 0 Å². The van der Waals surface area contributed by atoms with E-state index >= 15 is 0 Å². The van der Waals surface area contributed by atoms with Crippen molar-refractivity contribution in [2.45, 2.75) is 24.6 Å². The average Bonchev–Trinajstić information content (AvgIpc) is 1.96. The predicted molar refractivity (Wildman–Crippen MR) is 53.9 cm³/mol. The molecule has 0 aromatic carbocycles. The summed E-state index contributed by atoms with van der Waals surface area (Å²) >= 11 is 11.2. The van der Waals surface area contributed by atoms with Crippen LogP contribution in [0.5, 0.6) is 0 Å². The molecule has 0 saturated heterocycles. The van der Waals surface area contributed by atoms with Crippen molar-refractivity contribution < 1.29 is 4.79 Å². The third-order valence-corrected chi connectivity index (χ3v) is 1.34. The van der Waals surface area contributed by atoms with E-state index < -0.39 is 0 Å². The lowest BCUT2D eigenvalue weighted by molar-refractivity contribution is -0.110. The van der Waals surface area contributed by atoms with Crippen molar-refractivity contribution in [1.82, 2.24) is 0 Å². The first kappa shape index (κ1) is 11.7. The van der Waals surface area contributed by atoms with E-state index in [2.05, 4.69) is 0 Å². The van der Waals surface area contributed by atoms with Crippen molar-refractivity contribution in [2.75, 3.05) is 0 Å². The van der Waals surface area contributed by atoms with Gasteiger partial charge in [0.05, 0.1) is 0 Å². The Morgan fingerprint density at radius 3 is 1.67 bits per heavy atom. The van der Waals surface area contributed by atoms with Gasteiger partial charge >= 0.3 is 0 Å². The van der Waals surface area contributed by atoms with Crippen LogP contribution in [0.4, 0.5) is 0 Å². The molecule has 0 spiro atoms. The normalized spacial score (nSPS) is 17.0. The van der Waals surface area contributed by atoms with E-state index in [1.165, 1.54) is 12.2 Å². The highest BCUT2D eigenvalue weighted by Gasteiger charge is 1.92. The van der Waals surface area contributed by atoms with Crippen LogP contribution in [0.3, 0.4) is 0 Å². The largest absolute Gasteiger partial charge is 0.290 e. The second kappa shape index (κ2) is 6.27. The molecule has 0 bridgehead atoms. The minimum atomic E-state index is -0.115. The lowest BCUT2D eigenvalue weighted by Crippen LogP contribution is -1.91. The monoisotopic (exact) mass is 206 g/mol. The van der Waals surface area contributed by atoms with Gasteiger partial charge in [-0.25, -0.2) is 0 Å². The molecule has 0 aliphatic carbocycles. The predicted octanol–water partition coefficient (Wildman–Crippen LogP) is 2.92. The Morgan fingerprint density at radius 1 is 1.08 bits per heavy atom. The van der Waals surface area contributed by atoms with Crippen LogP contribution in [0.2, 0.25) is 0 Å². The second-order valence-corrected chi connectivity index (χ2v) is 3.85. The van der Waals surface area contributed by atoms with Crippen molar-refractivity contribution in [2.24, 2.45) is 0 Å². The molecule has 3 heteroatoms. The molecule has 0 radical (unpaired) electrons. The SMILES string of the molecule is CC(Cl)/C=C/C(=O)/C=C/C(C)Cl. The summed E-state index contributed by atoms with van der Waals surface area (Å²) < 4.78 is 0. The molecule has 0 N–H and O–H groups in total. The maximum atomic E-state index is 11.0. The molecule has 0 amide bonds. The van der Waals surface area contributed by atoms with Crippen LogP contribution in [-0.2, 0) is 4.79 Å². The molecular formula is C9H12Cl2O. The molecule has 0 aromatic rings. The molecule has 68 valence electrons. The summed E-state index contributed by atoms with van der Waals surface area (Å²) in [4.78, 5) is 11.0. The van der Waals surface area contributed by atoms with Gasteiger partial charge in [-0.15, -0.1) is 23.2 Å². The number of rotatable bonds is 4. The van der Waals surface area contributed by atoms with Gasteiger partial charge in [-0.2, -0.15) is 0 Å². The molecule has 0 saturated carbocycles. The topological polar surface area (TPSA) is 17.1 Å². The minimum Gasteiger partial charge on any atom is -0.290 e. The molecule has 0 aromatic heterocycles. The highest BCUT2D eigenvalue weighted by Crippen LogP contribution is 1.97. The maximum Gasteiger partial charge on any atom is 0.178 e. The van der Waals surface area contributed by atoms with Gasteiger partial charge < -0.3 is 0 Å². The van der Waals surface area contributed by atoms with Gasteiger partial charge in [0.25, 0.3) is 0 Å². The zero-order valence-electron chi connectivity index (χ0n) is 7.13.